The predicted octanol–water partition coefficient (Wildman–Crippen LogP) is 7.75. The van der Waals surface area contributed by atoms with Gasteiger partial charge in [0.25, 0.3) is 0 Å². The summed E-state index contributed by atoms with van der Waals surface area (Å²) in [4.78, 5) is 12.9. The third-order valence-electron chi connectivity index (χ3n) is 11.1. The number of carbonyl (C=O) groups is 1. The lowest BCUT2D eigenvalue weighted by Crippen LogP contribution is -2.60. The first kappa shape index (κ1) is 50.2. The van der Waals surface area contributed by atoms with E-state index in [1.165, 1.54) is 135 Å². The predicted molar refractivity (Wildman–Crippen MR) is 214 cm³/mol. The Hall–Kier alpha value is -0.850. The van der Waals surface area contributed by atoms with E-state index in [4.69, 9.17) is 9.47 Å². The second-order valence-corrected chi connectivity index (χ2v) is 16.0. The van der Waals surface area contributed by atoms with Gasteiger partial charge in [-0.1, -0.05) is 187 Å². The van der Waals surface area contributed by atoms with Gasteiger partial charge in [0.1, 0.15) is 30.5 Å². The summed E-state index contributed by atoms with van der Waals surface area (Å²) in [5.74, 6) is -0.257. The molecule has 0 aromatic carbocycles. The molecule has 0 bridgehead atoms. The molecule has 1 amide bonds. The zero-order valence-electron chi connectivity index (χ0n) is 34.2. The number of aliphatic hydroxyl groups excluding tert-OH is 6. The van der Waals surface area contributed by atoms with E-state index in [2.05, 4.69) is 19.2 Å². The molecule has 0 aromatic rings. The summed E-state index contributed by atoms with van der Waals surface area (Å²) < 4.78 is 11.1. The number of hydrogen-bond donors (Lipinski definition) is 7. The Morgan fingerprint density at radius 2 is 0.981 bits per heavy atom. The monoisotopic (exact) mass is 760 g/mol. The second kappa shape index (κ2) is 34.4. The summed E-state index contributed by atoms with van der Waals surface area (Å²) in [6.07, 6.45) is 25.7. The van der Waals surface area contributed by atoms with Crippen molar-refractivity contribution < 1.29 is 44.9 Å². The van der Waals surface area contributed by atoms with Crippen LogP contribution in [0.25, 0.3) is 0 Å². The standard InChI is InChI=1S/C43H85NO9/c1-3-5-7-9-11-12-13-14-15-16-17-18-19-20-21-22-23-24-26-28-30-32-38(47)44-35(39(48)36(46)31-29-27-25-10-8-6-4-2)34-52-43-42(51)41(50)40(49)37(33-45)53-43/h35-37,39-43,45-46,48-51H,3-34H2,1-2H3,(H,44,47)/t35-,36+,37+,39-,40+,41-,42+,43-/m0/s1. The molecule has 0 saturated carbocycles. The van der Waals surface area contributed by atoms with Gasteiger partial charge in [-0.2, -0.15) is 0 Å². The van der Waals surface area contributed by atoms with Gasteiger partial charge in [-0.05, 0) is 12.8 Å². The lowest BCUT2D eigenvalue weighted by atomic mass is 9.98. The van der Waals surface area contributed by atoms with Crippen molar-refractivity contribution in [3.8, 4) is 0 Å². The van der Waals surface area contributed by atoms with E-state index in [1.807, 2.05) is 0 Å². The Bertz CT molecular complexity index is 819. The lowest BCUT2D eigenvalue weighted by molar-refractivity contribution is -0.303. The van der Waals surface area contributed by atoms with E-state index < -0.39 is 55.6 Å². The van der Waals surface area contributed by atoms with E-state index in [1.54, 1.807) is 0 Å². The van der Waals surface area contributed by atoms with Gasteiger partial charge in [0.05, 0.1) is 25.4 Å². The van der Waals surface area contributed by atoms with Crippen LogP contribution >= 0.6 is 0 Å². The molecule has 1 saturated heterocycles. The normalized spacial score (nSPS) is 22.2. The summed E-state index contributed by atoms with van der Waals surface area (Å²) in [6.45, 7) is 3.56. The summed E-state index contributed by atoms with van der Waals surface area (Å²) in [6, 6.07) is -0.982. The van der Waals surface area contributed by atoms with Crippen molar-refractivity contribution >= 4 is 5.91 Å². The molecule has 0 radical (unpaired) electrons. The molecule has 1 heterocycles. The zero-order chi connectivity index (χ0) is 38.9. The Kier molecular flexibility index (Phi) is 32.6. The lowest BCUT2D eigenvalue weighted by Gasteiger charge is -2.40. The van der Waals surface area contributed by atoms with E-state index in [-0.39, 0.29) is 18.9 Å². The van der Waals surface area contributed by atoms with Crippen LogP contribution in [0.15, 0.2) is 0 Å². The van der Waals surface area contributed by atoms with E-state index >= 15 is 0 Å². The van der Waals surface area contributed by atoms with Gasteiger partial charge < -0.3 is 45.4 Å². The largest absolute Gasteiger partial charge is 0.394 e. The van der Waals surface area contributed by atoms with Crippen molar-refractivity contribution in [2.75, 3.05) is 13.2 Å². The minimum atomic E-state index is -1.60. The number of rotatable bonds is 37. The Balaban J connectivity index is 2.28. The Morgan fingerprint density at radius 1 is 0.585 bits per heavy atom. The fraction of sp³-hybridized carbons (Fsp3) is 0.977. The van der Waals surface area contributed by atoms with Crippen molar-refractivity contribution in [3.05, 3.63) is 0 Å². The molecule has 10 heteroatoms. The van der Waals surface area contributed by atoms with Crippen LogP contribution in [-0.4, -0.2) is 98.7 Å². The van der Waals surface area contributed by atoms with Gasteiger partial charge in [0, 0.05) is 6.42 Å². The zero-order valence-corrected chi connectivity index (χ0v) is 34.2. The van der Waals surface area contributed by atoms with Gasteiger partial charge in [0.15, 0.2) is 6.29 Å². The highest BCUT2D eigenvalue weighted by Gasteiger charge is 2.44. The average Bonchev–Trinajstić information content (AvgIpc) is 3.16. The molecule has 316 valence electrons. The minimum absolute atomic E-state index is 0.257. The summed E-state index contributed by atoms with van der Waals surface area (Å²) in [7, 11) is 0. The van der Waals surface area contributed by atoms with Crippen LogP contribution in [-0.2, 0) is 14.3 Å². The maximum atomic E-state index is 12.9. The highest BCUT2D eigenvalue weighted by molar-refractivity contribution is 5.76. The van der Waals surface area contributed by atoms with Crippen LogP contribution in [0.4, 0.5) is 0 Å². The van der Waals surface area contributed by atoms with Crippen molar-refractivity contribution in [2.45, 2.75) is 255 Å². The fourth-order valence-corrected chi connectivity index (χ4v) is 7.38. The minimum Gasteiger partial charge on any atom is -0.394 e. The van der Waals surface area contributed by atoms with Gasteiger partial charge >= 0.3 is 0 Å². The molecule has 0 aliphatic carbocycles. The molecule has 1 fully saturated rings. The maximum absolute atomic E-state index is 12.9. The van der Waals surface area contributed by atoms with Gasteiger partial charge in [-0.25, -0.2) is 0 Å². The van der Waals surface area contributed by atoms with Crippen LogP contribution in [0, 0.1) is 0 Å². The number of amides is 1. The number of carbonyl (C=O) groups excluding carboxylic acids is 1. The summed E-state index contributed by atoms with van der Waals surface area (Å²) in [5.41, 5.74) is 0. The second-order valence-electron chi connectivity index (χ2n) is 16.0. The Labute approximate surface area is 324 Å². The average molecular weight is 760 g/mol. The first-order valence-electron chi connectivity index (χ1n) is 22.3. The molecule has 1 rings (SSSR count). The number of unbranched alkanes of at least 4 members (excludes halogenated alkanes) is 26. The first-order chi connectivity index (χ1) is 25.8. The number of ether oxygens (including phenoxy) is 2. The molecule has 10 nitrogen and oxygen atoms in total. The third-order valence-corrected chi connectivity index (χ3v) is 11.1. The Morgan fingerprint density at radius 3 is 1.40 bits per heavy atom. The molecule has 0 aromatic heterocycles. The molecule has 1 aliphatic rings. The molecular formula is C43H85NO9. The van der Waals surface area contributed by atoms with Crippen molar-refractivity contribution in [1.29, 1.82) is 0 Å². The first-order valence-corrected chi connectivity index (χ1v) is 22.3. The summed E-state index contributed by atoms with van der Waals surface area (Å²) >= 11 is 0. The highest BCUT2D eigenvalue weighted by Crippen LogP contribution is 2.23. The van der Waals surface area contributed by atoms with Crippen LogP contribution in [0.3, 0.4) is 0 Å². The smallest absolute Gasteiger partial charge is 0.220 e. The van der Waals surface area contributed by atoms with Crippen molar-refractivity contribution in [2.24, 2.45) is 0 Å². The van der Waals surface area contributed by atoms with Crippen LogP contribution in [0.5, 0.6) is 0 Å². The molecule has 53 heavy (non-hydrogen) atoms. The quantitative estimate of drug-likeness (QED) is 0.0313. The SMILES string of the molecule is CCCCCCCCCCCCCCCCCCCCCCCC(=O)N[C@@H](CO[C@H]1O[C@H](CO)[C@@H](O)[C@H](O)[C@H]1O)[C@H](O)[C@H](O)CCCCCCCCC. The molecule has 7 N–H and O–H groups in total. The van der Waals surface area contributed by atoms with Gasteiger partial charge in [-0.3, -0.25) is 4.79 Å². The molecule has 1 aliphatic heterocycles. The molecule has 0 unspecified atom stereocenters. The number of aliphatic hydroxyl groups is 6. The van der Waals surface area contributed by atoms with E-state index in [0.717, 1.165) is 44.9 Å². The fourth-order valence-electron chi connectivity index (χ4n) is 7.38. The molecular weight excluding hydrogens is 674 g/mol. The van der Waals surface area contributed by atoms with E-state index in [9.17, 15) is 35.4 Å². The van der Waals surface area contributed by atoms with Crippen LogP contribution in [0.1, 0.15) is 206 Å². The summed E-state index contributed by atoms with van der Waals surface area (Å²) in [5, 5.41) is 64.8. The van der Waals surface area contributed by atoms with E-state index in [0.29, 0.717) is 6.42 Å². The highest BCUT2D eigenvalue weighted by atomic mass is 16.7. The number of nitrogens with one attached hydrogen (secondary N) is 1. The maximum Gasteiger partial charge on any atom is 0.220 e. The molecule has 0 spiro atoms. The van der Waals surface area contributed by atoms with Crippen LogP contribution < -0.4 is 5.32 Å². The topological polar surface area (TPSA) is 169 Å². The number of hydrogen-bond acceptors (Lipinski definition) is 9. The third kappa shape index (κ3) is 25.1. The van der Waals surface area contributed by atoms with Crippen molar-refractivity contribution in [1.82, 2.24) is 5.32 Å². The van der Waals surface area contributed by atoms with Crippen LogP contribution in [0.2, 0.25) is 0 Å². The molecule has 8 atom stereocenters. The van der Waals surface area contributed by atoms with Gasteiger partial charge in [0.2, 0.25) is 5.91 Å². The van der Waals surface area contributed by atoms with Crippen molar-refractivity contribution in [3.63, 3.8) is 0 Å². The van der Waals surface area contributed by atoms with Gasteiger partial charge in [-0.15, -0.1) is 0 Å².